The zero-order valence-corrected chi connectivity index (χ0v) is 28.0. The van der Waals surface area contributed by atoms with Gasteiger partial charge in [0.25, 0.3) is 11.8 Å². The molecule has 4 aromatic rings. The number of aliphatic hydroxyl groups excluding tert-OH is 1. The van der Waals surface area contributed by atoms with Crippen molar-refractivity contribution < 1.29 is 33.5 Å². The van der Waals surface area contributed by atoms with Crippen LogP contribution in [0, 0.1) is 6.92 Å². The molecule has 2 heterocycles. The summed E-state index contributed by atoms with van der Waals surface area (Å²) >= 11 is 1.35. The van der Waals surface area contributed by atoms with Crippen LogP contribution in [0.3, 0.4) is 0 Å². The van der Waals surface area contributed by atoms with E-state index in [0.29, 0.717) is 11.3 Å². The number of carbonyl (C=O) groups excluding carboxylic acids is 5. The van der Waals surface area contributed by atoms with Gasteiger partial charge in [0.05, 0.1) is 23.7 Å². The monoisotopic (exact) mass is 699 g/mol. The smallest absolute Gasteiger partial charge is 0.287 e. The summed E-state index contributed by atoms with van der Waals surface area (Å²) in [7, 11) is 0. The van der Waals surface area contributed by atoms with Crippen LogP contribution in [0.1, 0.15) is 33.7 Å². The number of fused-ring (bicyclic) bond motifs is 1. The quantitative estimate of drug-likeness (QED) is 0.137. The summed E-state index contributed by atoms with van der Waals surface area (Å²) in [5.74, 6) is -3.91. The van der Waals surface area contributed by atoms with Crippen LogP contribution in [-0.2, 0) is 32.1 Å². The normalized spacial score (nSPS) is 15.9. The van der Waals surface area contributed by atoms with Gasteiger partial charge in [-0.25, -0.2) is 0 Å². The van der Waals surface area contributed by atoms with Crippen LogP contribution in [0.5, 0.6) is 0 Å². The minimum atomic E-state index is -1.81. The molecule has 6 N–H and O–H groups in total. The number of para-hydroxylation sites is 1. The zero-order chi connectivity index (χ0) is 35.8. The van der Waals surface area contributed by atoms with Crippen LogP contribution in [0.2, 0.25) is 0 Å². The van der Waals surface area contributed by atoms with Crippen LogP contribution >= 0.6 is 11.8 Å². The molecule has 260 valence electrons. The highest BCUT2D eigenvalue weighted by Crippen LogP contribution is 2.23. The van der Waals surface area contributed by atoms with Gasteiger partial charge in [0.1, 0.15) is 17.7 Å². The fourth-order valence-electron chi connectivity index (χ4n) is 5.58. The number of thioether (sulfide) groups is 1. The lowest BCUT2D eigenvalue weighted by Gasteiger charge is -2.30. The van der Waals surface area contributed by atoms with Crippen LogP contribution in [0.15, 0.2) is 94.1 Å². The fourth-order valence-corrected chi connectivity index (χ4v) is 6.74. The Morgan fingerprint density at radius 1 is 0.980 bits per heavy atom. The molecule has 1 aromatic heterocycles. The second-order valence-corrected chi connectivity index (χ2v) is 12.9. The summed E-state index contributed by atoms with van der Waals surface area (Å²) in [6, 6.07) is 20.0. The Hall–Kier alpha value is -5.47. The summed E-state index contributed by atoms with van der Waals surface area (Å²) in [6.07, 6.45) is -2.46. The minimum absolute atomic E-state index is 0.0125. The zero-order valence-electron chi connectivity index (χ0n) is 27.2. The van der Waals surface area contributed by atoms with E-state index in [2.05, 4.69) is 16.0 Å². The van der Waals surface area contributed by atoms with Gasteiger partial charge in [0.2, 0.25) is 17.7 Å². The van der Waals surface area contributed by atoms with Crippen molar-refractivity contribution in [2.75, 3.05) is 11.6 Å². The molecule has 50 heavy (non-hydrogen) atoms. The predicted octanol–water partition coefficient (Wildman–Crippen LogP) is 1.38. The Kier molecular flexibility index (Phi) is 11.7. The van der Waals surface area contributed by atoms with Crippen LogP contribution in [0.25, 0.3) is 11.0 Å². The third-order valence-corrected chi connectivity index (χ3v) is 9.34. The van der Waals surface area contributed by atoms with Crippen molar-refractivity contribution in [3.05, 3.63) is 118 Å². The van der Waals surface area contributed by atoms with E-state index >= 15 is 0 Å². The summed E-state index contributed by atoms with van der Waals surface area (Å²) < 4.78 is 5.57. The van der Waals surface area contributed by atoms with Crippen LogP contribution in [-0.4, -0.2) is 75.4 Å². The number of hydrogen-bond donors (Lipinski definition) is 5. The molecular weight excluding hydrogens is 662 g/mol. The Labute approximate surface area is 291 Å². The Morgan fingerprint density at radius 2 is 1.68 bits per heavy atom. The van der Waals surface area contributed by atoms with E-state index in [0.717, 1.165) is 17.2 Å². The summed E-state index contributed by atoms with van der Waals surface area (Å²) in [5, 5.41) is 19.6. The molecule has 0 spiro atoms. The Balaban J connectivity index is 1.33. The standard InChI is InChI=1S/C36H37N5O8S/c1-21-9-5-6-12-23(21)18-38-34(46)27-19-50-20-41(27)36(48)32(44)25(15-22-10-3-2-4-11-22)39-33(45)26(16-31(37)43)40-35(47)30-17-28(42)24-13-7-8-14-29(24)49-30/h2-14,17,25-27,32,44H,15-16,18-20H2,1H3,(H2,37,43)(H,38,46)(H,39,45)(H,40,47)/t25-,26-,27-,32-/m0/s1. The molecule has 1 aliphatic heterocycles. The van der Waals surface area contributed by atoms with Gasteiger partial charge in [-0.2, -0.15) is 0 Å². The number of aryl methyl sites for hydroxylation is 1. The molecule has 0 bridgehead atoms. The number of hydrogen-bond acceptors (Lipinski definition) is 9. The SMILES string of the molecule is Cc1ccccc1CNC(=O)[C@@H]1CSCN1C(=O)[C@@H](O)[C@H](Cc1ccccc1)NC(=O)[C@H](CC(N)=O)NC(=O)c1cc(=O)c2ccccc2o1. The molecule has 14 heteroatoms. The third kappa shape index (κ3) is 8.76. The van der Waals surface area contributed by atoms with E-state index in [4.69, 9.17) is 10.2 Å². The van der Waals surface area contributed by atoms with Crippen LogP contribution < -0.4 is 27.1 Å². The highest BCUT2D eigenvalue weighted by Gasteiger charge is 2.40. The lowest BCUT2D eigenvalue weighted by molar-refractivity contribution is -0.146. The first-order valence-electron chi connectivity index (χ1n) is 15.9. The summed E-state index contributed by atoms with van der Waals surface area (Å²) in [6.45, 7) is 2.19. The Morgan fingerprint density at radius 3 is 2.42 bits per heavy atom. The van der Waals surface area contributed by atoms with E-state index in [9.17, 15) is 33.9 Å². The topological polar surface area (TPSA) is 201 Å². The second kappa shape index (κ2) is 16.3. The largest absolute Gasteiger partial charge is 0.451 e. The number of aliphatic hydroxyl groups is 1. The van der Waals surface area contributed by atoms with E-state index in [1.807, 2.05) is 31.2 Å². The molecule has 0 aliphatic carbocycles. The number of amides is 5. The molecule has 13 nitrogen and oxygen atoms in total. The number of nitrogens with one attached hydrogen (secondary N) is 3. The van der Waals surface area contributed by atoms with E-state index in [1.54, 1.807) is 42.5 Å². The number of rotatable bonds is 13. The highest BCUT2D eigenvalue weighted by atomic mass is 32.2. The van der Waals surface area contributed by atoms with Crippen molar-refractivity contribution in [1.29, 1.82) is 0 Å². The number of nitrogens with zero attached hydrogens (tertiary/aromatic N) is 1. The average molecular weight is 700 g/mol. The van der Waals surface area contributed by atoms with Gasteiger partial charge in [0, 0.05) is 18.4 Å². The van der Waals surface area contributed by atoms with Crippen molar-refractivity contribution >= 4 is 52.3 Å². The maximum absolute atomic E-state index is 13.8. The predicted molar refractivity (Wildman–Crippen MR) is 187 cm³/mol. The van der Waals surface area contributed by atoms with Crippen molar-refractivity contribution in [2.45, 2.75) is 50.5 Å². The first kappa shape index (κ1) is 35.8. The maximum atomic E-state index is 13.8. The first-order valence-corrected chi connectivity index (χ1v) is 17.0. The molecule has 5 amide bonds. The summed E-state index contributed by atoms with van der Waals surface area (Å²) in [5.41, 5.74) is 7.67. The van der Waals surface area contributed by atoms with Crippen LogP contribution in [0.4, 0.5) is 0 Å². The molecular formula is C36H37N5O8S. The van der Waals surface area contributed by atoms with Gasteiger partial charge in [0.15, 0.2) is 17.3 Å². The van der Waals surface area contributed by atoms with Crippen molar-refractivity contribution in [1.82, 2.24) is 20.9 Å². The molecule has 1 saturated heterocycles. The van der Waals surface area contributed by atoms with E-state index in [-0.39, 0.29) is 35.7 Å². The second-order valence-electron chi connectivity index (χ2n) is 11.9. The van der Waals surface area contributed by atoms with Gasteiger partial charge >= 0.3 is 0 Å². The van der Waals surface area contributed by atoms with Crippen molar-refractivity contribution in [3.8, 4) is 0 Å². The highest BCUT2D eigenvalue weighted by molar-refractivity contribution is 7.99. The van der Waals surface area contributed by atoms with Gasteiger partial charge in [-0.05, 0) is 42.2 Å². The Bertz CT molecular complexity index is 1950. The number of nitrogens with two attached hydrogens (primary N) is 1. The molecule has 4 atom stereocenters. The maximum Gasteiger partial charge on any atom is 0.287 e. The average Bonchev–Trinajstić information content (AvgIpc) is 3.60. The molecule has 1 fully saturated rings. The number of benzene rings is 3. The van der Waals surface area contributed by atoms with Crippen molar-refractivity contribution in [2.24, 2.45) is 5.73 Å². The number of carbonyl (C=O) groups is 5. The van der Waals surface area contributed by atoms with Gasteiger partial charge in [-0.1, -0.05) is 66.7 Å². The third-order valence-electron chi connectivity index (χ3n) is 8.33. The van der Waals surface area contributed by atoms with Gasteiger partial charge in [-0.3, -0.25) is 28.8 Å². The van der Waals surface area contributed by atoms with Gasteiger partial charge in [-0.15, -0.1) is 11.8 Å². The molecule has 0 radical (unpaired) electrons. The molecule has 0 unspecified atom stereocenters. The van der Waals surface area contributed by atoms with Gasteiger partial charge < -0.3 is 36.1 Å². The number of primary amides is 1. The lowest BCUT2D eigenvalue weighted by Crippen LogP contribution is -2.58. The minimum Gasteiger partial charge on any atom is -0.451 e. The fraction of sp³-hybridized carbons (Fsp3) is 0.278. The van der Waals surface area contributed by atoms with Crippen molar-refractivity contribution in [3.63, 3.8) is 0 Å². The molecule has 5 rings (SSSR count). The van der Waals surface area contributed by atoms with E-state index in [1.165, 1.54) is 28.8 Å². The van der Waals surface area contributed by atoms with E-state index < -0.39 is 65.5 Å². The molecule has 3 aromatic carbocycles. The molecule has 1 aliphatic rings. The first-order chi connectivity index (χ1) is 24.0. The molecule has 0 saturated carbocycles. The summed E-state index contributed by atoms with van der Waals surface area (Å²) in [4.78, 5) is 79.7. The lowest BCUT2D eigenvalue weighted by atomic mass is 9.99.